The average Bonchev–Trinajstić information content (AvgIpc) is 2.84. The number of rotatable bonds is 7. The van der Waals surface area contributed by atoms with Crippen LogP contribution in [0.4, 0.5) is 0 Å². The number of aliphatic carboxylic acids is 1. The van der Waals surface area contributed by atoms with E-state index in [2.05, 4.69) is 10.6 Å². The van der Waals surface area contributed by atoms with Gasteiger partial charge >= 0.3 is 5.97 Å². The molecule has 0 spiro atoms. The molecule has 0 bridgehead atoms. The lowest BCUT2D eigenvalue weighted by Gasteiger charge is -2.04. The van der Waals surface area contributed by atoms with Crippen LogP contribution in [0.15, 0.2) is 17.5 Å². The van der Waals surface area contributed by atoms with Crippen molar-refractivity contribution in [2.75, 3.05) is 13.1 Å². The van der Waals surface area contributed by atoms with Crippen molar-refractivity contribution in [3.8, 4) is 0 Å². The Hall–Kier alpha value is -2.15. The first-order valence-electron chi connectivity index (χ1n) is 6.08. The van der Waals surface area contributed by atoms with E-state index in [1.54, 1.807) is 11.4 Å². The van der Waals surface area contributed by atoms with Crippen LogP contribution in [0.25, 0.3) is 6.08 Å². The summed E-state index contributed by atoms with van der Waals surface area (Å²) < 4.78 is 0. The van der Waals surface area contributed by atoms with Crippen molar-refractivity contribution < 1.29 is 19.5 Å². The van der Waals surface area contributed by atoms with Crippen molar-refractivity contribution >= 4 is 35.2 Å². The maximum Gasteiger partial charge on any atom is 0.328 e. The topological polar surface area (TPSA) is 95.5 Å². The number of amides is 2. The van der Waals surface area contributed by atoms with Crippen LogP contribution in [0.2, 0.25) is 0 Å². The summed E-state index contributed by atoms with van der Waals surface area (Å²) in [6, 6.07) is 1.67. The maximum absolute atomic E-state index is 11.9. The normalized spacial score (nSPS) is 10.4. The second-order valence-electron chi connectivity index (χ2n) is 3.84. The average molecular weight is 296 g/mol. The molecular weight excluding hydrogens is 280 g/mol. The Morgan fingerprint density at radius 1 is 1.35 bits per heavy atom. The van der Waals surface area contributed by atoms with Gasteiger partial charge in [0.1, 0.15) is 0 Å². The maximum atomic E-state index is 11.9. The largest absolute Gasteiger partial charge is 0.478 e. The summed E-state index contributed by atoms with van der Waals surface area (Å²) >= 11 is 1.22. The van der Waals surface area contributed by atoms with Crippen molar-refractivity contribution in [2.24, 2.45) is 0 Å². The Kier molecular flexibility index (Phi) is 6.45. The fraction of sp³-hybridized carbons (Fsp3) is 0.308. The van der Waals surface area contributed by atoms with Crippen LogP contribution in [0.5, 0.6) is 0 Å². The molecule has 0 unspecified atom stereocenters. The van der Waals surface area contributed by atoms with Crippen LogP contribution in [0.3, 0.4) is 0 Å². The number of carboxylic acids is 1. The van der Waals surface area contributed by atoms with E-state index < -0.39 is 5.97 Å². The van der Waals surface area contributed by atoms with Crippen LogP contribution in [-0.4, -0.2) is 36.0 Å². The highest BCUT2D eigenvalue weighted by Gasteiger charge is 2.11. The zero-order chi connectivity index (χ0) is 15.0. The molecule has 0 aliphatic carbocycles. The number of nitrogens with one attached hydrogen (secondary N) is 2. The predicted octanol–water partition coefficient (Wildman–Crippen LogP) is 1.10. The van der Waals surface area contributed by atoms with Gasteiger partial charge < -0.3 is 15.7 Å². The predicted molar refractivity (Wildman–Crippen MR) is 76.6 cm³/mol. The Morgan fingerprint density at radius 3 is 2.75 bits per heavy atom. The number of hydrogen-bond acceptors (Lipinski definition) is 4. The monoisotopic (exact) mass is 296 g/mol. The minimum Gasteiger partial charge on any atom is -0.478 e. The molecule has 0 fully saturated rings. The summed E-state index contributed by atoms with van der Waals surface area (Å²) in [5.41, 5.74) is 0.549. The van der Waals surface area contributed by atoms with Crippen molar-refractivity contribution in [2.45, 2.75) is 13.3 Å². The number of carboxylic acid groups (broad SMARTS) is 1. The highest BCUT2D eigenvalue weighted by Crippen LogP contribution is 2.18. The first-order chi connectivity index (χ1) is 9.54. The first kappa shape index (κ1) is 15.9. The molecular formula is C13H16N2O4S. The third kappa shape index (κ3) is 5.23. The smallest absolute Gasteiger partial charge is 0.328 e. The van der Waals surface area contributed by atoms with Crippen LogP contribution in [-0.2, 0) is 9.59 Å². The van der Waals surface area contributed by atoms with Gasteiger partial charge in [0, 0.05) is 25.6 Å². The molecule has 1 heterocycles. The van der Waals surface area contributed by atoms with Crippen LogP contribution >= 0.6 is 11.3 Å². The lowest BCUT2D eigenvalue weighted by Crippen LogP contribution is -2.30. The molecule has 1 rings (SSSR count). The molecule has 0 atom stereocenters. The molecule has 2 amide bonds. The van der Waals surface area contributed by atoms with Crippen molar-refractivity contribution in [3.63, 3.8) is 0 Å². The Bertz CT molecular complexity index is 522. The van der Waals surface area contributed by atoms with Gasteiger partial charge in [-0.15, -0.1) is 11.3 Å². The molecule has 3 N–H and O–H groups in total. The number of thiophene rings is 1. The van der Waals surface area contributed by atoms with Gasteiger partial charge in [0.05, 0.1) is 4.88 Å². The summed E-state index contributed by atoms with van der Waals surface area (Å²) in [4.78, 5) is 34.0. The summed E-state index contributed by atoms with van der Waals surface area (Å²) in [7, 11) is 0. The van der Waals surface area contributed by atoms with E-state index in [9.17, 15) is 14.4 Å². The van der Waals surface area contributed by atoms with Crippen molar-refractivity contribution in [1.82, 2.24) is 10.6 Å². The molecule has 1 aromatic heterocycles. The highest BCUT2D eigenvalue weighted by atomic mass is 32.1. The van der Waals surface area contributed by atoms with Gasteiger partial charge in [-0.1, -0.05) is 0 Å². The Morgan fingerprint density at radius 2 is 2.10 bits per heavy atom. The zero-order valence-electron chi connectivity index (χ0n) is 11.0. The van der Waals surface area contributed by atoms with E-state index in [4.69, 9.17) is 5.11 Å². The standard InChI is InChI=1S/C13H16N2O4S/c1-2-14-10(16)5-7-15-13(19)12-9(6-8-20-12)3-4-11(17)18/h3-4,6,8H,2,5,7H2,1H3,(H,14,16)(H,15,19)(H,17,18)/b4-3+. The number of carbonyl (C=O) groups excluding carboxylic acids is 2. The van der Waals surface area contributed by atoms with Crippen molar-refractivity contribution in [1.29, 1.82) is 0 Å². The molecule has 1 aromatic rings. The van der Waals surface area contributed by atoms with Gasteiger partial charge in [-0.25, -0.2) is 4.79 Å². The van der Waals surface area contributed by atoms with E-state index in [-0.39, 0.29) is 24.8 Å². The Labute approximate surface area is 120 Å². The molecule has 0 aromatic carbocycles. The zero-order valence-corrected chi connectivity index (χ0v) is 11.8. The van der Waals surface area contributed by atoms with Gasteiger partial charge in [0.15, 0.2) is 0 Å². The quantitative estimate of drug-likeness (QED) is 0.657. The van der Waals surface area contributed by atoms with E-state index >= 15 is 0 Å². The molecule has 0 saturated carbocycles. The summed E-state index contributed by atoms with van der Waals surface area (Å²) in [6.45, 7) is 2.62. The van der Waals surface area contributed by atoms with Gasteiger partial charge in [-0.3, -0.25) is 9.59 Å². The third-order valence-electron chi connectivity index (χ3n) is 2.32. The van der Waals surface area contributed by atoms with E-state index in [1.165, 1.54) is 17.4 Å². The van der Waals surface area contributed by atoms with Crippen molar-refractivity contribution in [3.05, 3.63) is 28.0 Å². The number of hydrogen-bond donors (Lipinski definition) is 3. The molecule has 0 radical (unpaired) electrons. The molecule has 0 aliphatic heterocycles. The van der Waals surface area contributed by atoms with E-state index in [0.29, 0.717) is 17.0 Å². The number of carbonyl (C=O) groups is 3. The van der Waals surface area contributed by atoms with Gasteiger partial charge in [-0.05, 0) is 30.0 Å². The summed E-state index contributed by atoms with van der Waals surface area (Å²) in [6.07, 6.45) is 2.57. The highest BCUT2D eigenvalue weighted by molar-refractivity contribution is 7.12. The Balaban J connectivity index is 2.54. The summed E-state index contributed by atoms with van der Waals surface area (Å²) in [5.74, 6) is -1.50. The van der Waals surface area contributed by atoms with E-state index in [0.717, 1.165) is 6.08 Å². The third-order valence-corrected chi connectivity index (χ3v) is 3.25. The lowest BCUT2D eigenvalue weighted by molar-refractivity contribution is -0.131. The minimum absolute atomic E-state index is 0.120. The molecule has 108 valence electrons. The van der Waals surface area contributed by atoms with Gasteiger partial charge in [0.25, 0.3) is 5.91 Å². The van der Waals surface area contributed by atoms with E-state index in [1.807, 2.05) is 6.92 Å². The second-order valence-corrected chi connectivity index (χ2v) is 4.75. The summed E-state index contributed by atoms with van der Waals surface area (Å²) in [5, 5.41) is 15.5. The van der Waals surface area contributed by atoms with Gasteiger partial charge in [-0.2, -0.15) is 0 Å². The van der Waals surface area contributed by atoms with Crippen LogP contribution < -0.4 is 10.6 Å². The molecule has 7 heteroatoms. The van der Waals surface area contributed by atoms with Crippen LogP contribution in [0, 0.1) is 0 Å². The fourth-order valence-corrected chi connectivity index (χ4v) is 2.25. The fourth-order valence-electron chi connectivity index (χ4n) is 1.45. The molecule has 6 nitrogen and oxygen atoms in total. The lowest BCUT2D eigenvalue weighted by atomic mass is 10.2. The minimum atomic E-state index is -1.07. The first-order valence-corrected chi connectivity index (χ1v) is 6.96. The molecule has 0 aliphatic rings. The van der Waals surface area contributed by atoms with Crippen LogP contribution in [0.1, 0.15) is 28.6 Å². The van der Waals surface area contributed by atoms with Gasteiger partial charge in [0.2, 0.25) is 5.91 Å². The molecule has 0 saturated heterocycles. The molecule has 20 heavy (non-hydrogen) atoms. The SMILES string of the molecule is CCNC(=O)CCNC(=O)c1sccc1/C=C/C(=O)O. The second kappa shape index (κ2) is 8.11.